The van der Waals surface area contributed by atoms with E-state index in [2.05, 4.69) is 41.1 Å². The van der Waals surface area contributed by atoms with E-state index >= 15 is 0 Å². The molecule has 1 N–H and O–H groups in total. The van der Waals surface area contributed by atoms with Gasteiger partial charge in [0, 0.05) is 30.4 Å². The number of rotatable bonds is 5. The van der Waals surface area contributed by atoms with E-state index in [4.69, 9.17) is 0 Å². The van der Waals surface area contributed by atoms with Gasteiger partial charge in [0.1, 0.15) is 0 Å². The van der Waals surface area contributed by atoms with E-state index in [0.29, 0.717) is 13.0 Å². The number of nitrogens with zero attached hydrogens (tertiary/aromatic N) is 1. The Morgan fingerprint density at radius 1 is 1.09 bits per heavy atom. The van der Waals surface area contributed by atoms with E-state index in [1.165, 1.54) is 16.5 Å². The number of carbonyl (C=O) groups is 1. The van der Waals surface area contributed by atoms with Crippen LogP contribution >= 0.6 is 0 Å². The lowest BCUT2D eigenvalue weighted by Crippen LogP contribution is -2.16. The van der Waals surface area contributed by atoms with Crippen LogP contribution in [0.15, 0.2) is 54.7 Å². The third kappa shape index (κ3) is 3.29. The van der Waals surface area contributed by atoms with E-state index in [9.17, 15) is 4.79 Å². The summed E-state index contributed by atoms with van der Waals surface area (Å²) in [7, 11) is 0. The predicted octanol–water partition coefficient (Wildman–Crippen LogP) is 4.54. The number of carbonyl (C=O) groups excluding carboxylic acids is 1. The van der Waals surface area contributed by atoms with Crippen LogP contribution in [0.25, 0.3) is 10.9 Å². The fraction of sp³-hybridized carbons (Fsp3) is 0.250. The van der Waals surface area contributed by atoms with Gasteiger partial charge in [-0.05, 0) is 42.0 Å². The number of amides is 1. The van der Waals surface area contributed by atoms with E-state index < -0.39 is 0 Å². The summed E-state index contributed by atoms with van der Waals surface area (Å²) in [6.07, 6.45) is 3.43. The fourth-order valence-electron chi connectivity index (χ4n) is 2.96. The molecule has 0 spiro atoms. The molecule has 3 aromatic rings. The maximum atomic E-state index is 12.3. The normalized spacial score (nSPS) is 10.9. The molecule has 1 heterocycles. The zero-order valence-corrected chi connectivity index (χ0v) is 13.7. The zero-order chi connectivity index (χ0) is 16.2. The predicted molar refractivity (Wildman–Crippen MR) is 95.7 cm³/mol. The maximum absolute atomic E-state index is 12.3. The molecule has 3 heteroatoms. The Morgan fingerprint density at radius 2 is 1.91 bits per heavy atom. The summed E-state index contributed by atoms with van der Waals surface area (Å²) in [4.78, 5) is 12.3. The van der Waals surface area contributed by atoms with Crippen molar-refractivity contribution in [2.24, 2.45) is 0 Å². The van der Waals surface area contributed by atoms with Crippen LogP contribution in [0.2, 0.25) is 0 Å². The third-order valence-electron chi connectivity index (χ3n) is 4.26. The van der Waals surface area contributed by atoms with Crippen molar-refractivity contribution in [3.05, 3.63) is 65.9 Å². The number of fused-ring (bicyclic) bond motifs is 1. The van der Waals surface area contributed by atoms with Crippen molar-refractivity contribution < 1.29 is 4.79 Å². The van der Waals surface area contributed by atoms with Gasteiger partial charge in [0.05, 0.1) is 0 Å². The zero-order valence-electron chi connectivity index (χ0n) is 13.7. The summed E-state index contributed by atoms with van der Waals surface area (Å²) in [6, 6.07) is 16.5. The Bertz CT molecular complexity index is 833. The molecule has 0 unspecified atom stereocenters. The van der Waals surface area contributed by atoms with Crippen molar-refractivity contribution >= 4 is 22.5 Å². The van der Waals surface area contributed by atoms with E-state index in [1.54, 1.807) is 0 Å². The highest BCUT2D eigenvalue weighted by atomic mass is 16.1. The first-order valence-corrected chi connectivity index (χ1v) is 8.11. The lowest BCUT2D eigenvalue weighted by atomic mass is 10.1. The van der Waals surface area contributed by atoms with Crippen LogP contribution in [0.1, 0.15) is 24.5 Å². The molecule has 0 radical (unpaired) electrons. The maximum Gasteiger partial charge on any atom is 0.226 e. The molecule has 23 heavy (non-hydrogen) atoms. The first kappa shape index (κ1) is 15.3. The Kier molecular flexibility index (Phi) is 4.47. The number of anilines is 1. The molecule has 0 saturated heterocycles. The van der Waals surface area contributed by atoms with Gasteiger partial charge >= 0.3 is 0 Å². The van der Waals surface area contributed by atoms with E-state index in [1.807, 2.05) is 37.4 Å². The van der Waals surface area contributed by atoms with Crippen LogP contribution in [0.4, 0.5) is 5.69 Å². The van der Waals surface area contributed by atoms with Crippen LogP contribution in [-0.2, 0) is 17.8 Å². The summed E-state index contributed by atoms with van der Waals surface area (Å²) < 4.78 is 2.13. The summed E-state index contributed by atoms with van der Waals surface area (Å²) in [5.74, 6) is 0.0618. The first-order valence-electron chi connectivity index (χ1n) is 8.11. The molecule has 0 bridgehead atoms. The molecule has 0 atom stereocenters. The second-order valence-electron chi connectivity index (χ2n) is 5.83. The number of aryl methyl sites for hydroxylation is 3. The standard InChI is InChI=1S/C20H22N2O/c1-3-16-9-6-7-15(2)20(16)21-19(23)12-14-22-13-11-17-8-4-5-10-18(17)22/h4-11,13H,3,12,14H2,1-2H3,(H,21,23). The van der Waals surface area contributed by atoms with Crippen molar-refractivity contribution in [1.82, 2.24) is 4.57 Å². The van der Waals surface area contributed by atoms with Crippen molar-refractivity contribution in [2.45, 2.75) is 33.2 Å². The van der Waals surface area contributed by atoms with Crippen LogP contribution < -0.4 is 5.32 Å². The lowest BCUT2D eigenvalue weighted by molar-refractivity contribution is -0.116. The summed E-state index contributed by atoms with van der Waals surface area (Å²) in [6.45, 7) is 4.83. The largest absolute Gasteiger partial charge is 0.347 e. The average molecular weight is 306 g/mol. The minimum atomic E-state index is 0.0618. The molecule has 1 aromatic heterocycles. The first-order chi connectivity index (χ1) is 11.2. The van der Waals surface area contributed by atoms with Crippen molar-refractivity contribution in [2.75, 3.05) is 5.32 Å². The smallest absolute Gasteiger partial charge is 0.226 e. The van der Waals surface area contributed by atoms with E-state index in [0.717, 1.165) is 17.7 Å². The molecule has 0 fully saturated rings. The topological polar surface area (TPSA) is 34.0 Å². The Hall–Kier alpha value is -2.55. The number of benzene rings is 2. The Balaban J connectivity index is 1.69. The van der Waals surface area contributed by atoms with Gasteiger partial charge in [-0.15, -0.1) is 0 Å². The highest BCUT2D eigenvalue weighted by Gasteiger charge is 2.09. The van der Waals surface area contributed by atoms with Gasteiger partial charge in [-0.2, -0.15) is 0 Å². The van der Waals surface area contributed by atoms with Gasteiger partial charge in [0.2, 0.25) is 5.91 Å². The summed E-state index contributed by atoms with van der Waals surface area (Å²) >= 11 is 0. The highest BCUT2D eigenvalue weighted by Crippen LogP contribution is 2.21. The van der Waals surface area contributed by atoms with Crippen molar-refractivity contribution in [3.63, 3.8) is 0 Å². The van der Waals surface area contributed by atoms with Crippen molar-refractivity contribution in [1.29, 1.82) is 0 Å². The number of hydrogen-bond donors (Lipinski definition) is 1. The molecule has 2 aromatic carbocycles. The Labute approximate surface area is 136 Å². The van der Waals surface area contributed by atoms with Gasteiger partial charge in [0.25, 0.3) is 0 Å². The van der Waals surface area contributed by atoms with Gasteiger partial charge in [0.15, 0.2) is 0 Å². The molecular weight excluding hydrogens is 284 g/mol. The van der Waals surface area contributed by atoms with Crippen LogP contribution in [-0.4, -0.2) is 10.5 Å². The van der Waals surface area contributed by atoms with Gasteiger partial charge in [-0.3, -0.25) is 4.79 Å². The van der Waals surface area contributed by atoms with Crippen molar-refractivity contribution in [3.8, 4) is 0 Å². The number of hydrogen-bond acceptors (Lipinski definition) is 1. The fourth-order valence-corrected chi connectivity index (χ4v) is 2.96. The average Bonchev–Trinajstić information content (AvgIpc) is 2.98. The molecule has 0 saturated carbocycles. The monoisotopic (exact) mass is 306 g/mol. The molecular formula is C20H22N2O. The third-order valence-corrected chi connectivity index (χ3v) is 4.26. The molecule has 0 aliphatic rings. The lowest BCUT2D eigenvalue weighted by Gasteiger charge is -2.13. The van der Waals surface area contributed by atoms with Crippen LogP contribution in [0.3, 0.4) is 0 Å². The summed E-state index contributed by atoms with van der Waals surface area (Å²) in [5, 5.41) is 4.30. The number of para-hydroxylation sites is 2. The van der Waals surface area contributed by atoms with Crippen LogP contribution in [0.5, 0.6) is 0 Å². The molecule has 3 nitrogen and oxygen atoms in total. The Morgan fingerprint density at radius 3 is 2.74 bits per heavy atom. The minimum absolute atomic E-state index is 0.0618. The molecule has 0 aliphatic carbocycles. The summed E-state index contributed by atoms with van der Waals surface area (Å²) in [5.41, 5.74) is 4.44. The SMILES string of the molecule is CCc1cccc(C)c1NC(=O)CCn1ccc2ccccc21. The molecule has 1 amide bonds. The van der Waals surface area contributed by atoms with Gasteiger partial charge < -0.3 is 9.88 Å². The quantitative estimate of drug-likeness (QED) is 0.737. The van der Waals surface area contributed by atoms with E-state index in [-0.39, 0.29) is 5.91 Å². The minimum Gasteiger partial charge on any atom is -0.347 e. The molecule has 118 valence electrons. The second-order valence-corrected chi connectivity index (χ2v) is 5.83. The molecule has 0 aliphatic heterocycles. The van der Waals surface area contributed by atoms with Gasteiger partial charge in [-0.1, -0.05) is 43.3 Å². The number of nitrogens with one attached hydrogen (secondary N) is 1. The van der Waals surface area contributed by atoms with Crippen LogP contribution in [0, 0.1) is 6.92 Å². The van der Waals surface area contributed by atoms with Gasteiger partial charge in [-0.25, -0.2) is 0 Å². The second kappa shape index (κ2) is 6.69. The molecule has 3 rings (SSSR count). The number of aromatic nitrogens is 1. The highest BCUT2D eigenvalue weighted by molar-refractivity contribution is 5.92.